The number of hydrogen-bond donors (Lipinski definition) is 1. The van der Waals surface area contributed by atoms with E-state index in [2.05, 4.69) is 24.8 Å². The first-order valence-corrected chi connectivity index (χ1v) is 10.4. The predicted octanol–water partition coefficient (Wildman–Crippen LogP) is 1.92. The van der Waals surface area contributed by atoms with Crippen LogP contribution in [0.1, 0.15) is 12.0 Å². The zero-order valence-corrected chi connectivity index (χ0v) is 15.5. The van der Waals surface area contributed by atoms with Crippen molar-refractivity contribution >= 4 is 36.1 Å². The Bertz CT molecular complexity index is 724. The van der Waals surface area contributed by atoms with Gasteiger partial charge in [-0.25, -0.2) is 13.1 Å². The summed E-state index contributed by atoms with van der Waals surface area (Å²) in [5.41, 5.74) is 0.983. The first-order valence-electron chi connectivity index (χ1n) is 6.35. The second-order valence-corrected chi connectivity index (χ2v) is 9.05. The molecule has 1 N–H and O–H groups in total. The molecule has 0 atom stereocenters. The number of aryl methyl sites for hydroxylation is 1. The van der Waals surface area contributed by atoms with E-state index < -0.39 is 20.1 Å². The van der Waals surface area contributed by atoms with Gasteiger partial charge in [-0.2, -0.15) is 8.42 Å². The van der Waals surface area contributed by atoms with Crippen LogP contribution >= 0.6 is 15.9 Å². The Labute approximate surface area is 139 Å². The highest BCUT2D eigenvalue weighted by Gasteiger charge is 2.12. The van der Waals surface area contributed by atoms with E-state index in [-0.39, 0.29) is 18.0 Å². The monoisotopic (exact) mass is 411 g/mol. The Morgan fingerprint density at radius 2 is 1.82 bits per heavy atom. The second kappa shape index (κ2) is 8.21. The van der Waals surface area contributed by atoms with E-state index in [0.717, 1.165) is 11.8 Å². The summed E-state index contributed by atoms with van der Waals surface area (Å²) in [5.74, 6) is 0. The average Bonchev–Trinajstić information content (AvgIpc) is 2.41. The molecule has 0 aliphatic heterocycles. The van der Waals surface area contributed by atoms with Crippen LogP contribution in [0.2, 0.25) is 0 Å². The average molecular weight is 412 g/mol. The molecule has 0 fully saturated rings. The summed E-state index contributed by atoms with van der Waals surface area (Å²) in [5, 5.41) is 0. The highest BCUT2D eigenvalue weighted by molar-refractivity contribution is 9.11. The third-order valence-electron chi connectivity index (χ3n) is 2.54. The molecule has 22 heavy (non-hydrogen) atoms. The Balaban J connectivity index is 2.48. The van der Waals surface area contributed by atoms with Gasteiger partial charge in [-0.1, -0.05) is 39.7 Å². The quantitative estimate of drug-likeness (QED) is 0.521. The van der Waals surface area contributed by atoms with Gasteiger partial charge in [-0.05, 0) is 25.5 Å². The molecule has 1 rings (SSSR count). The van der Waals surface area contributed by atoms with Crippen LogP contribution in [-0.4, -0.2) is 36.2 Å². The summed E-state index contributed by atoms with van der Waals surface area (Å²) in [7, 11) is -7.03. The Kier molecular flexibility index (Phi) is 7.20. The Hall–Kier alpha value is -0.740. The van der Waals surface area contributed by atoms with Crippen LogP contribution in [-0.2, 0) is 24.3 Å². The molecule has 0 heterocycles. The molecule has 0 aromatic heterocycles. The van der Waals surface area contributed by atoms with Gasteiger partial charge in [0, 0.05) is 11.0 Å². The van der Waals surface area contributed by atoms with Crippen LogP contribution in [0.3, 0.4) is 0 Å². The topological polar surface area (TPSA) is 89.5 Å². The number of rotatable bonds is 8. The van der Waals surface area contributed by atoms with Gasteiger partial charge < -0.3 is 0 Å². The molecule has 0 amide bonds. The van der Waals surface area contributed by atoms with Crippen LogP contribution in [0.15, 0.2) is 39.7 Å². The first-order chi connectivity index (χ1) is 10.1. The lowest BCUT2D eigenvalue weighted by molar-refractivity contribution is 0.359. The summed E-state index contributed by atoms with van der Waals surface area (Å²) in [6.07, 6.45) is 3.02. The van der Waals surface area contributed by atoms with Crippen molar-refractivity contribution in [2.24, 2.45) is 0 Å². The molecule has 124 valence electrons. The maximum absolute atomic E-state index is 12.0. The van der Waals surface area contributed by atoms with E-state index in [1.54, 1.807) is 30.3 Å². The fourth-order valence-corrected chi connectivity index (χ4v) is 3.33. The van der Waals surface area contributed by atoms with E-state index in [0.29, 0.717) is 10.9 Å². The van der Waals surface area contributed by atoms with E-state index in [9.17, 15) is 16.8 Å². The van der Waals surface area contributed by atoms with Gasteiger partial charge >= 0.3 is 0 Å². The lowest BCUT2D eigenvalue weighted by Crippen LogP contribution is -2.24. The largest absolute Gasteiger partial charge is 0.265 e. The van der Waals surface area contributed by atoms with E-state index in [4.69, 9.17) is 0 Å². The van der Waals surface area contributed by atoms with Gasteiger partial charge in [0.15, 0.2) is 0 Å². The predicted molar refractivity (Wildman–Crippen MR) is 88.8 cm³/mol. The van der Waals surface area contributed by atoms with Crippen LogP contribution in [0.4, 0.5) is 0 Å². The molecular formula is C13H18BrNO5S2. The molecule has 0 unspecified atom stereocenters. The van der Waals surface area contributed by atoms with Crippen LogP contribution in [0, 0.1) is 6.92 Å². The van der Waals surface area contributed by atoms with Gasteiger partial charge in [0.2, 0.25) is 10.0 Å². The summed E-state index contributed by atoms with van der Waals surface area (Å²) < 4.78 is 53.2. The van der Waals surface area contributed by atoms with E-state index in [1.165, 1.54) is 0 Å². The molecular weight excluding hydrogens is 394 g/mol. The second-order valence-electron chi connectivity index (χ2n) is 4.62. The molecule has 0 bridgehead atoms. The van der Waals surface area contributed by atoms with E-state index in [1.807, 2.05) is 6.92 Å². The first kappa shape index (κ1) is 19.3. The van der Waals surface area contributed by atoms with Crippen molar-refractivity contribution in [3.8, 4) is 0 Å². The fourth-order valence-electron chi connectivity index (χ4n) is 1.45. The standard InChI is InChI=1S/C13H18BrNO5S2/c1-11-5-7-13(8-6-11)22(18,19)15-9-3-4-12(14)10-20-21(2,16)17/h4-8,15H,3,9-10H2,1-2H3/b12-4-. The van der Waals surface area contributed by atoms with Crippen molar-refractivity contribution in [2.45, 2.75) is 18.2 Å². The van der Waals surface area contributed by atoms with Gasteiger partial charge in [-0.3, -0.25) is 4.18 Å². The minimum atomic E-state index is -3.53. The van der Waals surface area contributed by atoms with Crippen LogP contribution in [0.25, 0.3) is 0 Å². The van der Waals surface area contributed by atoms with Crippen molar-refractivity contribution in [2.75, 3.05) is 19.4 Å². The summed E-state index contributed by atoms with van der Waals surface area (Å²) in [6.45, 7) is 1.97. The minimum Gasteiger partial charge on any atom is -0.265 e. The van der Waals surface area contributed by atoms with Crippen molar-refractivity contribution in [1.82, 2.24) is 4.72 Å². The summed E-state index contributed by atoms with van der Waals surface area (Å²) in [4.78, 5) is 0.210. The highest BCUT2D eigenvalue weighted by atomic mass is 79.9. The minimum absolute atomic E-state index is 0.108. The third-order valence-corrected chi connectivity index (χ3v) is 5.12. The summed E-state index contributed by atoms with van der Waals surface area (Å²) in [6, 6.07) is 6.55. The van der Waals surface area contributed by atoms with Gasteiger partial charge in [0.1, 0.15) is 0 Å². The third kappa shape index (κ3) is 7.50. The summed E-state index contributed by atoms with van der Waals surface area (Å²) >= 11 is 3.16. The van der Waals surface area contributed by atoms with Gasteiger partial charge in [0.25, 0.3) is 10.1 Å². The molecule has 0 saturated carbocycles. The number of sulfonamides is 1. The molecule has 6 nitrogen and oxygen atoms in total. The van der Waals surface area contributed by atoms with Crippen molar-refractivity contribution in [1.29, 1.82) is 0 Å². The number of benzene rings is 1. The Morgan fingerprint density at radius 3 is 2.36 bits per heavy atom. The molecule has 0 aliphatic rings. The fraction of sp³-hybridized carbons (Fsp3) is 0.385. The van der Waals surface area contributed by atoms with E-state index >= 15 is 0 Å². The smallest absolute Gasteiger partial charge is 0.264 e. The zero-order chi connectivity index (χ0) is 16.8. The maximum Gasteiger partial charge on any atom is 0.264 e. The number of hydrogen-bond acceptors (Lipinski definition) is 5. The molecule has 0 spiro atoms. The van der Waals surface area contributed by atoms with Gasteiger partial charge in [-0.15, -0.1) is 0 Å². The molecule has 0 saturated heterocycles. The lowest BCUT2D eigenvalue weighted by Gasteiger charge is -2.06. The molecule has 9 heteroatoms. The number of halogens is 1. The normalized spacial score (nSPS) is 13.3. The van der Waals surface area contributed by atoms with Crippen molar-refractivity contribution < 1.29 is 21.0 Å². The maximum atomic E-state index is 12.0. The molecule has 1 aromatic carbocycles. The van der Waals surface area contributed by atoms with Crippen molar-refractivity contribution in [3.63, 3.8) is 0 Å². The SMILES string of the molecule is Cc1ccc(S(=O)(=O)NCC/C=C(\Br)COS(C)(=O)=O)cc1. The molecule has 0 aliphatic carbocycles. The van der Waals surface area contributed by atoms with Gasteiger partial charge in [0.05, 0.1) is 17.8 Å². The Morgan fingerprint density at radius 1 is 1.23 bits per heavy atom. The zero-order valence-electron chi connectivity index (χ0n) is 12.2. The highest BCUT2D eigenvalue weighted by Crippen LogP contribution is 2.11. The molecule has 0 radical (unpaired) electrons. The van der Waals surface area contributed by atoms with Crippen LogP contribution < -0.4 is 4.72 Å². The van der Waals surface area contributed by atoms with Crippen molar-refractivity contribution in [3.05, 3.63) is 40.4 Å². The number of nitrogens with one attached hydrogen (secondary N) is 1. The lowest BCUT2D eigenvalue weighted by atomic mass is 10.2. The van der Waals surface area contributed by atoms with Crippen LogP contribution in [0.5, 0.6) is 0 Å². The molecule has 1 aromatic rings.